The van der Waals surface area contributed by atoms with E-state index in [2.05, 4.69) is 62.4 Å². The number of rotatable bonds is 4. The molecular formula is C12H20SSi. The van der Waals surface area contributed by atoms with Crippen LogP contribution in [0.1, 0.15) is 18.9 Å². The fourth-order valence-corrected chi connectivity index (χ4v) is 7.04. The van der Waals surface area contributed by atoms with Gasteiger partial charge in [-0.1, -0.05) is 44.1 Å². The van der Waals surface area contributed by atoms with Crippen molar-refractivity contribution in [2.45, 2.75) is 44.3 Å². The summed E-state index contributed by atoms with van der Waals surface area (Å²) in [5.41, 5.74) is 1.35. The van der Waals surface area contributed by atoms with Crippen LogP contribution in [0.2, 0.25) is 19.1 Å². The van der Waals surface area contributed by atoms with Crippen molar-refractivity contribution < 1.29 is 0 Å². The van der Waals surface area contributed by atoms with Gasteiger partial charge in [-0.2, -0.15) is 11.2 Å². The molecule has 0 aliphatic rings. The molecule has 14 heavy (non-hydrogen) atoms. The lowest BCUT2D eigenvalue weighted by atomic mass is 10.2. The normalized spacial score (nSPS) is 11.7. The van der Waals surface area contributed by atoms with E-state index < -0.39 is 7.22 Å². The largest absolute Gasteiger partial charge is 0.151 e. The van der Waals surface area contributed by atoms with Crippen molar-refractivity contribution in [2.24, 2.45) is 0 Å². The highest BCUT2D eigenvalue weighted by Crippen LogP contribution is 2.32. The van der Waals surface area contributed by atoms with Crippen LogP contribution < -0.4 is 0 Å². The standard InChI is InChI=1S/C12H20SSi/c1-5-10-14(3,4)13-12-8-6-11(2)7-9-12/h6-9H,5,10H2,1-4H3. The number of hydrogen-bond acceptors (Lipinski definition) is 1. The zero-order valence-electron chi connectivity index (χ0n) is 9.63. The molecule has 0 amide bonds. The number of aryl methyl sites for hydroxylation is 1. The van der Waals surface area contributed by atoms with Crippen molar-refractivity contribution in [3.63, 3.8) is 0 Å². The molecular weight excluding hydrogens is 204 g/mol. The highest BCUT2D eigenvalue weighted by atomic mass is 32.4. The van der Waals surface area contributed by atoms with Crippen LogP contribution in [-0.2, 0) is 0 Å². The van der Waals surface area contributed by atoms with E-state index in [0.717, 1.165) is 0 Å². The zero-order chi connectivity index (χ0) is 10.6. The van der Waals surface area contributed by atoms with Gasteiger partial charge in [-0.05, 0) is 25.1 Å². The third-order valence-corrected chi connectivity index (χ3v) is 8.01. The fourth-order valence-electron chi connectivity index (χ4n) is 1.58. The summed E-state index contributed by atoms with van der Waals surface area (Å²) in [6.07, 6.45) is 1.32. The van der Waals surface area contributed by atoms with Gasteiger partial charge in [0.15, 0.2) is 0 Å². The molecule has 0 aliphatic heterocycles. The molecule has 0 aromatic heterocycles. The molecule has 1 aromatic carbocycles. The van der Waals surface area contributed by atoms with Crippen molar-refractivity contribution in [3.05, 3.63) is 29.8 Å². The summed E-state index contributed by atoms with van der Waals surface area (Å²) in [7, 11) is -1.04. The van der Waals surface area contributed by atoms with Crippen LogP contribution >= 0.6 is 11.2 Å². The van der Waals surface area contributed by atoms with Crippen LogP contribution in [0.4, 0.5) is 0 Å². The molecule has 0 saturated carbocycles. The van der Waals surface area contributed by atoms with Crippen molar-refractivity contribution in [3.8, 4) is 0 Å². The molecule has 0 bridgehead atoms. The average molecular weight is 224 g/mol. The van der Waals surface area contributed by atoms with Crippen LogP contribution in [0.25, 0.3) is 0 Å². The van der Waals surface area contributed by atoms with Gasteiger partial charge in [0.25, 0.3) is 0 Å². The minimum Gasteiger partial charge on any atom is -0.151 e. The quantitative estimate of drug-likeness (QED) is 0.668. The lowest BCUT2D eigenvalue weighted by Gasteiger charge is -2.20. The SMILES string of the molecule is CCC[Si](C)(C)Sc1ccc(C)cc1. The topological polar surface area (TPSA) is 0 Å². The summed E-state index contributed by atoms with van der Waals surface area (Å²) >= 11 is 2.12. The van der Waals surface area contributed by atoms with Gasteiger partial charge >= 0.3 is 0 Å². The minimum atomic E-state index is -1.04. The third-order valence-electron chi connectivity index (χ3n) is 2.27. The highest BCUT2D eigenvalue weighted by molar-refractivity contribution is 8.28. The summed E-state index contributed by atoms with van der Waals surface area (Å²) in [6, 6.07) is 10.3. The molecule has 0 nitrogen and oxygen atoms in total. The molecule has 78 valence electrons. The Kier molecular flexibility index (Phi) is 4.26. The predicted molar refractivity (Wildman–Crippen MR) is 69.6 cm³/mol. The predicted octanol–water partition coefficient (Wildman–Crippen LogP) is 4.70. The molecule has 0 N–H and O–H groups in total. The van der Waals surface area contributed by atoms with Gasteiger partial charge in [0.2, 0.25) is 0 Å². The Morgan fingerprint density at radius 3 is 2.21 bits per heavy atom. The van der Waals surface area contributed by atoms with Gasteiger partial charge in [0, 0.05) is 4.90 Å². The Bertz CT molecular complexity index is 277. The van der Waals surface area contributed by atoms with Gasteiger partial charge in [-0.25, -0.2) is 0 Å². The Labute approximate surface area is 92.8 Å². The van der Waals surface area contributed by atoms with Crippen molar-refractivity contribution >= 4 is 18.4 Å². The Hall–Kier alpha value is -0.213. The van der Waals surface area contributed by atoms with E-state index in [0.29, 0.717) is 0 Å². The second-order valence-corrected chi connectivity index (χ2v) is 13.0. The second kappa shape index (κ2) is 5.03. The maximum absolute atomic E-state index is 2.46. The monoisotopic (exact) mass is 224 g/mol. The molecule has 1 rings (SSSR count). The number of hydrogen-bond donors (Lipinski definition) is 0. The van der Waals surface area contributed by atoms with Gasteiger partial charge < -0.3 is 0 Å². The molecule has 0 spiro atoms. The van der Waals surface area contributed by atoms with E-state index in [-0.39, 0.29) is 0 Å². The summed E-state index contributed by atoms with van der Waals surface area (Å²) < 4.78 is 0. The lowest BCUT2D eigenvalue weighted by Crippen LogP contribution is -2.19. The summed E-state index contributed by atoms with van der Waals surface area (Å²) in [5.74, 6) is 0. The van der Waals surface area contributed by atoms with Gasteiger partial charge in [0.05, 0.1) is 0 Å². The van der Waals surface area contributed by atoms with Crippen LogP contribution in [-0.4, -0.2) is 7.22 Å². The van der Waals surface area contributed by atoms with Crippen LogP contribution in [0, 0.1) is 6.92 Å². The lowest BCUT2D eigenvalue weighted by molar-refractivity contribution is 1.06. The molecule has 0 radical (unpaired) electrons. The second-order valence-electron chi connectivity index (χ2n) is 4.42. The van der Waals surface area contributed by atoms with Gasteiger partial charge in [0.1, 0.15) is 7.22 Å². The van der Waals surface area contributed by atoms with E-state index in [4.69, 9.17) is 0 Å². The van der Waals surface area contributed by atoms with Gasteiger partial charge in [-0.15, -0.1) is 0 Å². The van der Waals surface area contributed by atoms with Crippen LogP contribution in [0.3, 0.4) is 0 Å². The molecule has 0 saturated heterocycles. The summed E-state index contributed by atoms with van der Waals surface area (Å²) in [5, 5.41) is 0. The smallest absolute Gasteiger partial charge is 0.117 e. The maximum atomic E-state index is 2.46. The maximum Gasteiger partial charge on any atom is 0.117 e. The first-order valence-corrected chi connectivity index (χ1v) is 10.0. The molecule has 1 aromatic rings. The molecule has 0 heterocycles. The third kappa shape index (κ3) is 3.89. The van der Waals surface area contributed by atoms with E-state index in [1.165, 1.54) is 22.9 Å². The van der Waals surface area contributed by atoms with Crippen molar-refractivity contribution in [2.75, 3.05) is 0 Å². The van der Waals surface area contributed by atoms with Crippen molar-refractivity contribution in [1.82, 2.24) is 0 Å². The molecule has 0 unspecified atom stereocenters. The van der Waals surface area contributed by atoms with Crippen LogP contribution in [0.5, 0.6) is 0 Å². The average Bonchev–Trinajstić information content (AvgIpc) is 2.08. The Morgan fingerprint density at radius 2 is 1.71 bits per heavy atom. The summed E-state index contributed by atoms with van der Waals surface area (Å²) in [6.45, 7) is 9.34. The van der Waals surface area contributed by atoms with E-state index in [1.54, 1.807) is 0 Å². The fraction of sp³-hybridized carbons (Fsp3) is 0.500. The van der Waals surface area contributed by atoms with Crippen molar-refractivity contribution in [1.29, 1.82) is 0 Å². The molecule has 0 aliphatic carbocycles. The Balaban J connectivity index is 2.64. The first-order valence-electron chi connectivity index (χ1n) is 5.29. The first kappa shape index (κ1) is 11.9. The van der Waals surface area contributed by atoms with E-state index >= 15 is 0 Å². The summed E-state index contributed by atoms with van der Waals surface area (Å²) in [4.78, 5) is 1.45. The molecule has 0 fully saturated rings. The van der Waals surface area contributed by atoms with Gasteiger partial charge in [-0.3, -0.25) is 0 Å². The number of benzene rings is 1. The minimum absolute atomic E-state index is 1.04. The van der Waals surface area contributed by atoms with Crippen LogP contribution in [0.15, 0.2) is 29.2 Å². The molecule has 0 atom stereocenters. The first-order chi connectivity index (χ1) is 6.53. The molecule has 2 heteroatoms. The highest BCUT2D eigenvalue weighted by Gasteiger charge is 2.20. The Morgan fingerprint density at radius 1 is 1.14 bits per heavy atom. The zero-order valence-corrected chi connectivity index (χ0v) is 11.4. The van der Waals surface area contributed by atoms with E-state index in [1.807, 2.05) is 0 Å². The van der Waals surface area contributed by atoms with E-state index in [9.17, 15) is 0 Å².